The summed E-state index contributed by atoms with van der Waals surface area (Å²) in [5.41, 5.74) is 7.36. The first-order valence-electron chi connectivity index (χ1n) is 5.80. The highest BCUT2D eigenvalue weighted by Crippen LogP contribution is 2.13. The maximum Gasteiger partial charge on any atom is 0.338 e. The van der Waals surface area contributed by atoms with E-state index in [9.17, 15) is 9.59 Å². The lowest BCUT2D eigenvalue weighted by molar-refractivity contribution is -0.128. The number of hydrogen-bond acceptors (Lipinski definition) is 4. The molecule has 0 fully saturated rings. The van der Waals surface area contributed by atoms with Gasteiger partial charge in [-0.3, -0.25) is 4.79 Å². The molecule has 18 heavy (non-hydrogen) atoms. The van der Waals surface area contributed by atoms with Crippen LogP contribution in [0, 0.1) is 6.92 Å². The van der Waals surface area contributed by atoms with Crippen LogP contribution >= 0.6 is 0 Å². The van der Waals surface area contributed by atoms with E-state index in [0.717, 1.165) is 5.56 Å². The van der Waals surface area contributed by atoms with Crippen molar-refractivity contribution in [3.05, 3.63) is 29.3 Å². The first kappa shape index (κ1) is 14.0. The van der Waals surface area contributed by atoms with Gasteiger partial charge < -0.3 is 15.8 Å². The van der Waals surface area contributed by atoms with E-state index in [1.54, 1.807) is 19.1 Å². The number of nitrogens with one attached hydrogen (secondary N) is 1. The molecule has 0 heterocycles. The fourth-order valence-electron chi connectivity index (χ4n) is 1.53. The molecule has 98 valence electrons. The Labute approximate surface area is 106 Å². The molecule has 1 amide bonds. The Morgan fingerprint density at radius 3 is 2.61 bits per heavy atom. The molecule has 0 radical (unpaired) electrons. The quantitative estimate of drug-likeness (QED) is 0.622. The predicted octanol–water partition coefficient (Wildman–Crippen LogP) is 1.26. The molecular weight excluding hydrogens is 232 g/mol. The number of aryl methyl sites for hydroxylation is 1. The van der Waals surface area contributed by atoms with E-state index in [2.05, 4.69) is 5.32 Å². The van der Waals surface area contributed by atoms with Crippen LogP contribution in [0.1, 0.15) is 29.8 Å². The van der Waals surface area contributed by atoms with Gasteiger partial charge in [-0.05, 0) is 44.5 Å². The number of nitrogen functional groups attached to an aromatic ring is 1. The monoisotopic (exact) mass is 250 g/mol. The molecule has 3 N–H and O–H groups in total. The highest BCUT2D eigenvalue weighted by Gasteiger charge is 2.18. The first-order chi connectivity index (χ1) is 8.43. The van der Waals surface area contributed by atoms with Crippen molar-refractivity contribution in [3.63, 3.8) is 0 Å². The molecule has 0 aromatic heterocycles. The lowest BCUT2D eigenvalue weighted by Gasteiger charge is -2.13. The van der Waals surface area contributed by atoms with Gasteiger partial charge in [0.25, 0.3) is 5.91 Å². The molecule has 1 unspecified atom stereocenters. The molecule has 0 saturated heterocycles. The largest absolute Gasteiger partial charge is 0.449 e. The second-order valence-electron chi connectivity index (χ2n) is 4.07. The molecule has 0 aliphatic carbocycles. The molecule has 5 heteroatoms. The van der Waals surface area contributed by atoms with E-state index < -0.39 is 12.1 Å². The third-order valence-electron chi connectivity index (χ3n) is 2.34. The zero-order chi connectivity index (χ0) is 13.7. The average Bonchev–Trinajstić information content (AvgIpc) is 2.27. The van der Waals surface area contributed by atoms with Crippen LogP contribution in [-0.2, 0) is 9.53 Å². The molecule has 0 aliphatic rings. The van der Waals surface area contributed by atoms with Crippen LogP contribution in [0.2, 0.25) is 0 Å². The molecule has 1 rings (SSSR count). The molecule has 0 bridgehead atoms. The van der Waals surface area contributed by atoms with Gasteiger partial charge in [0.1, 0.15) is 0 Å². The lowest BCUT2D eigenvalue weighted by atomic mass is 10.1. The van der Waals surface area contributed by atoms with Crippen LogP contribution in [0.5, 0.6) is 0 Å². The summed E-state index contributed by atoms with van der Waals surface area (Å²) in [6, 6.07) is 4.95. The summed E-state index contributed by atoms with van der Waals surface area (Å²) < 4.78 is 5.05. The summed E-state index contributed by atoms with van der Waals surface area (Å²) in [6.45, 7) is 5.66. The Kier molecular flexibility index (Phi) is 4.71. The number of ether oxygens (including phenoxy) is 1. The fourth-order valence-corrected chi connectivity index (χ4v) is 1.53. The first-order valence-corrected chi connectivity index (χ1v) is 5.80. The standard InChI is InChI=1S/C13H18N2O3/c1-4-15-12(16)9(3)18-13(17)10-5-8(2)6-11(14)7-10/h5-7,9H,4,14H2,1-3H3,(H,15,16). The minimum absolute atomic E-state index is 0.313. The maximum absolute atomic E-state index is 11.8. The van der Waals surface area contributed by atoms with Gasteiger partial charge in [0, 0.05) is 12.2 Å². The summed E-state index contributed by atoms with van der Waals surface area (Å²) in [5.74, 6) is -0.865. The highest BCUT2D eigenvalue weighted by molar-refractivity contribution is 5.93. The summed E-state index contributed by atoms with van der Waals surface area (Å²) in [6.07, 6.45) is -0.820. The van der Waals surface area contributed by atoms with Crippen molar-refractivity contribution in [1.29, 1.82) is 0 Å². The van der Waals surface area contributed by atoms with E-state index in [-0.39, 0.29) is 5.91 Å². The summed E-state index contributed by atoms with van der Waals surface area (Å²) in [4.78, 5) is 23.2. The molecule has 5 nitrogen and oxygen atoms in total. The number of likely N-dealkylation sites (N-methyl/N-ethyl adjacent to an activating group) is 1. The zero-order valence-electron chi connectivity index (χ0n) is 10.8. The Bertz CT molecular complexity index is 437. The summed E-state index contributed by atoms with van der Waals surface area (Å²) >= 11 is 0. The molecule has 0 saturated carbocycles. The van der Waals surface area contributed by atoms with Crippen molar-refractivity contribution in [1.82, 2.24) is 5.32 Å². The third-order valence-corrected chi connectivity index (χ3v) is 2.34. The number of carbonyl (C=O) groups excluding carboxylic acids is 2. The molecule has 1 aromatic rings. The van der Waals surface area contributed by atoms with Gasteiger partial charge >= 0.3 is 5.97 Å². The Balaban J connectivity index is 2.73. The number of benzene rings is 1. The van der Waals surface area contributed by atoms with Crippen molar-refractivity contribution in [2.75, 3.05) is 12.3 Å². The van der Waals surface area contributed by atoms with E-state index >= 15 is 0 Å². The zero-order valence-corrected chi connectivity index (χ0v) is 10.8. The third kappa shape index (κ3) is 3.76. The smallest absolute Gasteiger partial charge is 0.338 e. The van der Waals surface area contributed by atoms with Gasteiger partial charge in [0.05, 0.1) is 5.56 Å². The minimum Gasteiger partial charge on any atom is -0.449 e. The van der Waals surface area contributed by atoms with Gasteiger partial charge in [-0.2, -0.15) is 0 Å². The Hall–Kier alpha value is -2.04. The normalized spacial score (nSPS) is 11.7. The summed E-state index contributed by atoms with van der Waals surface area (Å²) in [5, 5.41) is 2.58. The number of anilines is 1. The molecule has 0 spiro atoms. The predicted molar refractivity (Wildman–Crippen MR) is 69.2 cm³/mol. The number of carbonyl (C=O) groups is 2. The number of amides is 1. The van der Waals surface area contributed by atoms with Crippen molar-refractivity contribution in [3.8, 4) is 0 Å². The molecular formula is C13H18N2O3. The number of rotatable bonds is 4. The second-order valence-corrected chi connectivity index (χ2v) is 4.07. The van der Waals surface area contributed by atoms with Crippen LogP contribution in [0.15, 0.2) is 18.2 Å². The van der Waals surface area contributed by atoms with Crippen molar-refractivity contribution in [2.45, 2.75) is 26.9 Å². The van der Waals surface area contributed by atoms with E-state index in [0.29, 0.717) is 17.8 Å². The Morgan fingerprint density at radius 1 is 1.39 bits per heavy atom. The topological polar surface area (TPSA) is 81.4 Å². The van der Waals surface area contributed by atoms with Gasteiger partial charge in [-0.1, -0.05) is 0 Å². The molecule has 1 aromatic carbocycles. The maximum atomic E-state index is 11.8. The lowest BCUT2D eigenvalue weighted by Crippen LogP contribution is -2.35. The van der Waals surface area contributed by atoms with E-state index in [1.165, 1.54) is 13.0 Å². The van der Waals surface area contributed by atoms with Crippen LogP contribution < -0.4 is 11.1 Å². The minimum atomic E-state index is -0.820. The van der Waals surface area contributed by atoms with Gasteiger partial charge in [-0.15, -0.1) is 0 Å². The van der Waals surface area contributed by atoms with Crippen LogP contribution in [0.25, 0.3) is 0 Å². The van der Waals surface area contributed by atoms with Gasteiger partial charge in [0.2, 0.25) is 0 Å². The molecule has 1 atom stereocenters. The van der Waals surface area contributed by atoms with Crippen molar-refractivity contribution in [2.24, 2.45) is 0 Å². The number of hydrogen-bond donors (Lipinski definition) is 2. The average molecular weight is 250 g/mol. The van der Waals surface area contributed by atoms with Crippen molar-refractivity contribution < 1.29 is 14.3 Å². The number of nitrogens with two attached hydrogens (primary N) is 1. The summed E-state index contributed by atoms with van der Waals surface area (Å²) in [7, 11) is 0. The van der Waals surface area contributed by atoms with Crippen LogP contribution in [-0.4, -0.2) is 24.5 Å². The van der Waals surface area contributed by atoms with Gasteiger partial charge in [-0.25, -0.2) is 4.79 Å². The number of esters is 1. The van der Waals surface area contributed by atoms with E-state index in [1.807, 2.05) is 6.92 Å². The highest BCUT2D eigenvalue weighted by atomic mass is 16.5. The SMILES string of the molecule is CCNC(=O)C(C)OC(=O)c1cc(C)cc(N)c1. The van der Waals surface area contributed by atoms with Crippen molar-refractivity contribution >= 4 is 17.6 Å². The van der Waals surface area contributed by atoms with Crippen LogP contribution in [0.4, 0.5) is 5.69 Å². The fraction of sp³-hybridized carbons (Fsp3) is 0.385. The van der Waals surface area contributed by atoms with Crippen LogP contribution in [0.3, 0.4) is 0 Å². The Morgan fingerprint density at radius 2 is 2.06 bits per heavy atom. The second kappa shape index (κ2) is 6.05. The van der Waals surface area contributed by atoms with E-state index in [4.69, 9.17) is 10.5 Å². The van der Waals surface area contributed by atoms with Gasteiger partial charge in [0.15, 0.2) is 6.10 Å². The molecule has 0 aliphatic heterocycles.